The molecule has 0 aromatic heterocycles. The molecule has 6 nitrogen and oxygen atoms in total. The summed E-state index contributed by atoms with van der Waals surface area (Å²) in [5, 5.41) is 0. The van der Waals surface area contributed by atoms with Crippen LogP contribution in [0.4, 0.5) is 0 Å². The second-order valence-electron chi connectivity index (χ2n) is 4.67. The maximum Gasteiger partial charge on any atom is 0.339 e. The van der Waals surface area contributed by atoms with Gasteiger partial charge >= 0.3 is 16.1 Å². The molecular weight excluding hydrogens is 332 g/mol. The molecule has 0 fully saturated rings. The minimum atomic E-state index is -4.11. The van der Waals surface area contributed by atoms with Gasteiger partial charge in [-0.1, -0.05) is 18.2 Å². The lowest BCUT2D eigenvalue weighted by Gasteiger charge is -2.12. The first-order chi connectivity index (χ1) is 11.5. The van der Waals surface area contributed by atoms with Gasteiger partial charge in [0.25, 0.3) is 0 Å². The first-order valence-corrected chi connectivity index (χ1v) is 8.82. The Bertz CT molecular complexity index is 813. The van der Waals surface area contributed by atoms with Crippen LogP contribution >= 0.6 is 0 Å². The molecule has 0 amide bonds. The lowest BCUT2D eigenvalue weighted by molar-refractivity contribution is 0.0526. The number of carbonyl (C=O) groups excluding carboxylic acids is 1. The van der Waals surface area contributed by atoms with Crippen LogP contribution in [-0.2, 0) is 14.9 Å². The predicted molar refractivity (Wildman–Crippen MR) is 87.8 cm³/mol. The smallest absolute Gasteiger partial charge is 0.339 e. The largest absolute Gasteiger partial charge is 0.490 e. The van der Waals surface area contributed by atoms with E-state index in [1.54, 1.807) is 32.0 Å². The molecule has 0 radical (unpaired) electrons. The maximum atomic E-state index is 12.5. The van der Waals surface area contributed by atoms with Crippen LogP contribution < -0.4 is 8.92 Å². The lowest BCUT2D eigenvalue weighted by Crippen LogP contribution is -2.12. The first kappa shape index (κ1) is 17.8. The van der Waals surface area contributed by atoms with Crippen molar-refractivity contribution in [3.8, 4) is 11.5 Å². The molecule has 0 N–H and O–H groups in total. The minimum absolute atomic E-state index is 0.0842. The molecule has 128 valence electrons. The van der Waals surface area contributed by atoms with Gasteiger partial charge < -0.3 is 13.7 Å². The molecule has 0 aliphatic carbocycles. The first-order valence-electron chi connectivity index (χ1n) is 7.41. The van der Waals surface area contributed by atoms with Crippen molar-refractivity contribution in [1.29, 1.82) is 0 Å². The van der Waals surface area contributed by atoms with Crippen molar-refractivity contribution in [2.75, 3.05) is 13.2 Å². The van der Waals surface area contributed by atoms with Gasteiger partial charge in [-0.05, 0) is 44.2 Å². The van der Waals surface area contributed by atoms with Crippen LogP contribution in [0.1, 0.15) is 24.2 Å². The van der Waals surface area contributed by atoms with Gasteiger partial charge in [-0.25, -0.2) is 4.79 Å². The van der Waals surface area contributed by atoms with Gasteiger partial charge in [0.1, 0.15) is 4.90 Å². The Morgan fingerprint density at radius 3 is 2.33 bits per heavy atom. The van der Waals surface area contributed by atoms with E-state index < -0.39 is 16.1 Å². The van der Waals surface area contributed by atoms with Crippen LogP contribution in [-0.4, -0.2) is 27.6 Å². The third-order valence-electron chi connectivity index (χ3n) is 2.98. The molecule has 0 saturated heterocycles. The predicted octanol–water partition coefficient (Wildman–Crippen LogP) is 3.03. The highest BCUT2D eigenvalue weighted by Crippen LogP contribution is 2.29. The van der Waals surface area contributed by atoms with Crippen LogP contribution in [0, 0.1) is 0 Å². The monoisotopic (exact) mass is 350 g/mol. The second-order valence-corrected chi connectivity index (χ2v) is 6.21. The van der Waals surface area contributed by atoms with Gasteiger partial charge in [-0.3, -0.25) is 0 Å². The zero-order valence-corrected chi connectivity index (χ0v) is 14.2. The van der Waals surface area contributed by atoms with E-state index in [0.717, 1.165) is 0 Å². The Balaban J connectivity index is 2.31. The summed E-state index contributed by atoms with van der Waals surface area (Å²) < 4.78 is 40.3. The lowest BCUT2D eigenvalue weighted by atomic mass is 10.2. The van der Waals surface area contributed by atoms with Crippen molar-refractivity contribution in [2.45, 2.75) is 18.7 Å². The molecule has 0 saturated carbocycles. The van der Waals surface area contributed by atoms with Crippen LogP contribution in [0.5, 0.6) is 11.5 Å². The van der Waals surface area contributed by atoms with E-state index >= 15 is 0 Å². The van der Waals surface area contributed by atoms with E-state index in [1.165, 1.54) is 30.3 Å². The third kappa shape index (κ3) is 4.26. The van der Waals surface area contributed by atoms with E-state index in [1.807, 2.05) is 0 Å². The molecule has 24 heavy (non-hydrogen) atoms. The van der Waals surface area contributed by atoms with Gasteiger partial charge in [0.2, 0.25) is 0 Å². The minimum Gasteiger partial charge on any atom is -0.490 e. The number of ether oxygens (including phenoxy) is 2. The molecule has 0 bridgehead atoms. The van der Waals surface area contributed by atoms with E-state index in [-0.39, 0.29) is 22.8 Å². The van der Waals surface area contributed by atoms with Crippen LogP contribution in [0.2, 0.25) is 0 Å². The van der Waals surface area contributed by atoms with Gasteiger partial charge in [0.15, 0.2) is 11.5 Å². The van der Waals surface area contributed by atoms with Crippen LogP contribution in [0.3, 0.4) is 0 Å². The SMILES string of the molecule is CCOC(=O)c1cccc(S(=O)(=O)Oc2ccccc2OCC)c1. The Labute approximate surface area is 141 Å². The molecular formula is C17H18O6S. The zero-order valence-electron chi connectivity index (χ0n) is 13.4. The molecule has 0 aliphatic rings. The molecule has 0 heterocycles. The highest BCUT2D eigenvalue weighted by Gasteiger charge is 2.20. The number of hydrogen-bond donors (Lipinski definition) is 0. The average molecular weight is 350 g/mol. The Kier molecular flexibility index (Phi) is 5.81. The summed E-state index contributed by atoms with van der Waals surface area (Å²) in [6, 6.07) is 12.0. The highest BCUT2D eigenvalue weighted by molar-refractivity contribution is 7.87. The van der Waals surface area contributed by atoms with Gasteiger partial charge in [0, 0.05) is 0 Å². The number of hydrogen-bond acceptors (Lipinski definition) is 6. The van der Waals surface area contributed by atoms with Crippen molar-refractivity contribution >= 4 is 16.1 Å². The van der Waals surface area contributed by atoms with E-state index in [4.69, 9.17) is 13.7 Å². The third-order valence-corrected chi connectivity index (χ3v) is 4.21. The van der Waals surface area contributed by atoms with Crippen molar-refractivity contribution in [3.63, 3.8) is 0 Å². The second kappa shape index (κ2) is 7.83. The zero-order chi connectivity index (χ0) is 17.6. The quantitative estimate of drug-likeness (QED) is 0.564. The van der Waals surface area contributed by atoms with Crippen LogP contribution in [0.25, 0.3) is 0 Å². The molecule has 2 rings (SSSR count). The summed E-state index contributed by atoms with van der Waals surface area (Å²) in [5.74, 6) is -0.185. The Morgan fingerprint density at radius 2 is 1.67 bits per heavy atom. The number of para-hydroxylation sites is 2. The molecule has 2 aromatic rings. The summed E-state index contributed by atoms with van der Waals surface area (Å²) in [7, 11) is -4.11. The average Bonchev–Trinajstić information content (AvgIpc) is 2.57. The van der Waals surface area contributed by atoms with E-state index in [9.17, 15) is 13.2 Å². The molecule has 7 heteroatoms. The van der Waals surface area contributed by atoms with Gasteiger partial charge in [-0.2, -0.15) is 8.42 Å². The summed E-state index contributed by atoms with van der Waals surface area (Å²) >= 11 is 0. The molecule has 0 unspecified atom stereocenters. The van der Waals surface area contributed by atoms with Crippen LogP contribution in [0.15, 0.2) is 53.4 Å². The van der Waals surface area contributed by atoms with Crippen molar-refractivity contribution in [2.24, 2.45) is 0 Å². The number of rotatable bonds is 7. The molecule has 0 spiro atoms. The van der Waals surface area contributed by atoms with E-state index in [0.29, 0.717) is 12.4 Å². The summed E-state index contributed by atoms with van der Waals surface area (Å²) in [4.78, 5) is 11.6. The number of carbonyl (C=O) groups is 1. The molecule has 0 aliphatic heterocycles. The van der Waals surface area contributed by atoms with Crippen molar-refractivity contribution < 1.29 is 26.9 Å². The Hall–Kier alpha value is -2.54. The fourth-order valence-electron chi connectivity index (χ4n) is 1.95. The normalized spacial score (nSPS) is 10.9. The highest BCUT2D eigenvalue weighted by atomic mass is 32.2. The number of benzene rings is 2. The topological polar surface area (TPSA) is 78.9 Å². The van der Waals surface area contributed by atoms with Crippen molar-refractivity contribution in [1.82, 2.24) is 0 Å². The summed E-state index contributed by atoms with van der Waals surface area (Å²) in [6.07, 6.45) is 0. The summed E-state index contributed by atoms with van der Waals surface area (Å²) in [6.45, 7) is 4.03. The standard InChI is InChI=1S/C17H18O6S/c1-3-21-15-10-5-6-11-16(15)23-24(19,20)14-9-7-8-13(12-14)17(18)22-4-2/h5-12H,3-4H2,1-2H3. The van der Waals surface area contributed by atoms with E-state index in [2.05, 4.69) is 0 Å². The summed E-state index contributed by atoms with van der Waals surface area (Å²) in [5.41, 5.74) is 0.139. The molecule has 2 aromatic carbocycles. The van der Waals surface area contributed by atoms with Gasteiger partial charge in [0.05, 0.1) is 18.8 Å². The van der Waals surface area contributed by atoms with Crippen molar-refractivity contribution in [3.05, 3.63) is 54.1 Å². The fourth-order valence-corrected chi connectivity index (χ4v) is 2.94. The van der Waals surface area contributed by atoms with Gasteiger partial charge in [-0.15, -0.1) is 0 Å². The fraction of sp³-hybridized carbons (Fsp3) is 0.235. The molecule has 0 atom stereocenters. The number of esters is 1. The maximum absolute atomic E-state index is 12.5. The Morgan fingerprint density at radius 1 is 0.958 bits per heavy atom.